The van der Waals surface area contributed by atoms with Gasteiger partial charge < -0.3 is 19.7 Å². The molecule has 0 bridgehead atoms. The van der Waals surface area contributed by atoms with Crippen LogP contribution in [0.25, 0.3) is 0 Å². The van der Waals surface area contributed by atoms with E-state index in [0.29, 0.717) is 55.0 Å². The van der Waals surface area contributed by atoms with E-state index in [-0.39, 0.29) is 12.0 Å². The molecular formula is C30H35ClN4O4. The van der Waals surface area contributed by atoms with Gasteiger partial charge in [-0.05, 0) is 94.3 Å². The molecule has 9 heteroatoms. The van der Waals surface area contributed by atoms with Crippen molar-refractivity contribution < 1.29 is 19.1 Å². The quantitative estimate of drug-likeness (QED) is 0.377. The molecule has 1 saturated carbocycles. The van der Waals surface area contributed by atoms with E-state index in [9.17, 15) is 9.59 Å². The number of hydrogen-bond acceptors (Lipinski definition) is 5. The van der Waals surface area contributed by atoms with Gasteiger partial charge in [-0.3, -0.25) is 9.48 Å². The Kier molecular flexibility index (Phi) is 7.58. The standard InChI is InChI=1S/C30H35ClN4O4/c1-19-13-27(33-35(19)17-24-15-25(31)9-10-26(24)38-18-20-5-6-20)32-28(36)22-7-8-23-16-34(12-11-21(23)14-22)29(37)39-30(2,3)4/h7-10,13-15,20H,5-6,11-12,16-18H2,1-4H3,(H,32,33,36). The summed E-state index contributed by atoms with van der Waals surface area (Å²) in [4.78, 5) is 27.2. The lowest BCUT2D eigenvalue weighted by atomic mass is 9.97. The maximum absolute atomic E-state index is 13.1. The number of fused-ring (bicyclic) bond motifs is 1. The van der Waals surface area contributed by atoms with Crippen LogP contribution in [-0.4, -0.2) is 45.4 Å². The predicted molar refractivity (Wildman–Crippen MR) is 150 cm³/mol. The lowest BCUT2D eigenvalue weighted by Crippen LogP contribution is -2.39. The number of nitrogens with one attached hydrogen (secondary N) is 1. The molecule has 1 aliphatic heterocycles. The Morgan fingerprint density at radius 3 is 2.64 bits per heavy atom. The molecule has 0 saturated heterocycles. The number of hydrogen-bond donors (Lipinski definition) is 1. The van der Waals surface area contributed by atoms with Crippen molar-refractivity contribution in [3.05, 3.63) is 75.4 Å². The maximum Gasteiger partial charge on any atom is 0.410 e. The van der Waals surface area contributed by atoms with Gasteiger partial charge in [0.1, 0.15) is 11.4 Å². The molecule has 2 aliphatic rings. The van der Waals surface area contributed by atoms with E-state index in [0.717, 1.165) is 28.1 Å². The summed E-state index contributed by atoms with van der Waals surface area (Å²) < 4.78 is 13.4. The van der Waals surface area contributed by atoms with E-state index in [1.54, 1.807) is 11.0 Å². The van der Waals surface area contributed by atoms with Gasteiger partial charge in [0.05, 0.1) is 13.2 Å². The van der Waals surface area contributed by atoms with Gasteiger partial charge in [0.2, 0.25) is 0 Å². The Morgan fingerprint density at radius 2 is 1.90 bits per heavy atom. The minimum atomic E-state index is -0.537. The normalized spacial score (nSPS) is 15.1. The second-order valence-electron chi connectivity index (χ2n) is 11.4. The van der Waals surface area contributed by atoms with Crippen LogP contribution < -0.4 is 10.1 Å². The molecule has 1 aliphatic carbocycles. The number of rotatable bonds is 7. The van der Waals surface area contributed by atoms with E-state index in [1.165, 1.54) is 12.8 Å². The Hall–Kier alpha value is -3.52. The van der Waals surface area contributed by atoms with Crippen molar-refractivity contribution in [1.29, 1.82) is 0 Å². The molecule has 0 spiro atoms. The topological polar surface area (TPSA) is 85.7 Å². The Bertz CT molecular complexity index is 1390. The number of amides is 2. The van der Waals surface area contributed by atoms with Crippen LogP contribution in [0, 0.1) is 12.8 Å². The Morgan fingerprint density at radius 1 is 1.10 bits per heavy atom. The highest BCUT2D eigenvalue weighted by atomic mass is 35.5. The number of ether oxygens (including phenoxy) is 2. The van der Waals surface area contributed by atoms with Crippen molar-refractivity contribution in [2.75, 3.05) is 18.5 Å². The second kappa shape index (κ2) is 10.9. The van der Waals surface area contributed by atoms with Crippen LogP contribution in [-0.2, 0) is 24.2 Å². The van der Waals surface area contributed by atoms with Crippen molar-refractivity contribution in [1.82, 2.24) is 14.7 Å². The van der Waals surface area contributed by atoms with Crippen LogP contribution in [0.3, 0.4) is 0 Å². The molecule has 8 nitrogen and oxygen atoms in total. The average Bonchev–Trinajstić information content (AvgIpc) is 3.64. The number of carbonyl (C=O) groups is 2. The number of anilines is 1. The van der Waals surface area contributed by atoms with Gasteiger partial charge in [-0.1, -0.05) is 17.7 Å². The number of carbonyl (C=O) groups excluding carboxylic acids is 2. The van der Waals surface area contributed by atoms with E-state index in [2.05, 4.69) is 10.4 Å². The van der Waals surface area contributed by atoms with Crippen LogP contribution in [0.2, 0.25) is 5.02 Å². The maximum atomic E-state index is 13.1. The number of aryl methyl sites for hydroxylation is 1. The number of benzene rings is 2. The minimum absolute atomic E-state index is 0.228. The summed E-state index contributed by atoms with van der Waals surface area (Å²) in [5.74, 6) is 1.71. The number of nitrogens with zero attached hydrogens (tertiary/aromatic N) is 3. The smallest absolute Gasteiger partial charge is 0.410 e. The first-order chi connectivity index (χ1) is 18.5. The molecule has 3 aromatic rings. The molecule has 2 heterocycles. The fraction of sp³-hybridized carbons (Fsp3) is 0.433. The zero-order valence-corrected chi connectivity index (χ0v) is 23.7. The van der Waals surface area contributed by atoms with Gasteiger partial charge in [-0.2, -0.15) is 5.10 Å². The third-order valence-corrected chi connectivity index (χ3v) is 7.10. The lowest BCUT2D eigenvalue weighted by Gasteiger charge is -2.31. The van der Waals surface area contributed by atoms with Gasteiger partial charge in [0.15, 0.2) is 5.82 Å². The first-order valence-electron chi connectivity index (χ1n) is 13.4. The fourth-order valence-corrected chi connectivity index (χ4v) is 4.76. The molecule has 5 rings (SSSR count). The zero-order valence-electron chi connectivity index (χ0n) is 22.9. The molecule has 0 radical (unpaired) electrons. The molecule has 1 aromatic heterocycles. The van der Waals surface area contributed by atoms with Gasteiger partial charge in [-0.15, -0.1) is 0 Å². The first kappa shape index (κ1) is 27.1. The van der Waals surface area contributed by atoms with Crippen LogP contribution in [0.5, 0.6) is 5.75 Å². The molecule has 0 unspecified atom stereocenters. The summed E-state index contributed by atoms with van der Waals surface area (Å²) in [6, 6.07) is 13.1. The molecule has 0 atom stereocenters. The molecule has 1 fully saturated rings. The molecule has 206 valence electrons. The van der Waals surface area contributed by atoms with Gasteiger partial charge in [0.25, 0.3) is 5.91 Å². The first-order valence-corrected chi connectivity index (χ1v) is 13.8. The SMILES string of the molecule is Cc1cc(NC(=O)c2ccc3c(c2)CCN(C(=O)OC(C)(C)C)C3)nn1Cc1cc(Cl)ccc1OCC1CC1. The summed E-state index contributed by atoms with van der Waals surface area (Å²) in [5, 5.41) is 8.19. The van der Waals surface area contributed by atoms with Crippen molar-refractivity contribution in [3.8, 4) is 5.75 Å². The Balaban J connectivity index is 1.24. The average molecular weight is 551 g/mol. The van der Waals surface area contributed by atoms with Gasteiger partial charge in [-0.25, -0.2) is 4.79 Å². The van der Waals surface area contributed by atoms with Crippen LogP contribution in [0.15, 0.2) is 42.5 Å². The fourth-order valence-electron chi connectivity index (χ4n) is 4.56. The van der Waals surface area contributed by atoms with Crippen LogP contribution in [0.4, 0.5) is 10.6 Å². The van der Waals surface area contributed by atoms with Gasteiger partial charge >= 0.3 is 6.09 Å². The minimum Gasteiger partial charge on any atom is -0.493 e. The summed E-state index contributed by atoms with van der Waals surface area (Å²) in [5.41, 5.74) is 3.95. The van der Waals surface area contributed by atoms with E-state index < -0.39 is 5.60 Å². The highest BCUT2D eigenvalue weighted by Gasteiger charge is 2.26. The molecule has 1 N–H and O–H groups in total. The van der Waals surface area contributed by atoms with Crippen molar-refractivity contribution in [3.63, 3.8) is 0 Å². The van der Waals surface area contributed by atoms with Crippen LogP contribution >= 0.6 is 11.6 Å². The molecule has 2 amide bonds. The van der Waals surface area contributed by atoms with Gasteiger partial charge in [0, 0.05) is 41.0 Å². The molecule has 2 aromatic carbocycles. The Labute approximate surface area is 234 Å². The summed E-state index contributed by atoms with van der Waals surface area (Å²) in [7, 11) is 0. The highest BCUT2D eigenvalue weighted by molar-refractivity contribution is 6.30. The van der Waals surface area contributed by atoms with E-state index in [4.69, 9.17) is 21.1 Å². The second-order valence-corrected chi connectivity index (χ2v) is 11.9. The number of halogens is 1. The summed E-state index contributed by atoms with van der Waals surface area (Å²) in [6.07, 6.45) is 2.78. The third-order valence-electron chi connectivity index (χ3n) is 6.87. The molecule has 39 heavy (non-hydrogen) atoms. The van der Waals surface area contributed by atoms with Crippen LogP contribution in [0.1, 0.15) is 66.4 Å². The summed E-state index contributed by atoms with van der Waals surface area (Å²) in [6.45, 7) is 9.74. The van der Waals surface area contributed by atoms with Crippen molar-refractivity contribution in [2.24, 2.45) is 5.92 Å². The third kappa shape index (κ3) is 6.92. The largest absolute Gasteiger partial charge is 0.493 e. The lowest BCUT2D eigenvalue weighted by molar-refractivity contribution is 0.0223. The monoisotopic (exact) mass is 550 g/mol. The molecular weight excluding hydrogens is 516 g/mol. The van der Waals surface area contributed by atoms with Crippen molar-refractivity contribution in [2.45, 2.75) is 65.6 Å². The predicted octanol–water partition coefficient (Wildman–Crippen LogP) is 6.23. The highest BCUT2D eigenvalue weighted by Crippen LogP contribution is 2.31. The zero-order chi connectivity index (χ0) is 27.7. The van der Waals surface area contributed by atoms with E-state index >= 15 is 0 Å². The van der Waals surface area contributed by atoms with E-state index in [1.807, 2.05) is 68.8 Å². The summed E-state index contributed by atoms with van der Waals surface area (Å²) >= 11 is 6.27. The van der Waals surface area contributed by atoms with Crippen molar-refractivity contribution >= 4 is 29.4 Å². The number of aromatic nitrogens is 2.